The van der Waals surface area contributed by atoms with Gasteiger partial charge < -0.3 is 14.5 Å². The van der Waals surface area contributed by atoms with E-state index in [1.807, 2.05) is 44.2 Å². The summed E-state index contributed by atoms with van der Waals surface area (Å²) >= 11 is 0. The van der Waals surface area contributed by atoms with E-state index in [0.717, 1.165) is 17.0 Å². The van der Waals surface area contributed by atoms with Crippen LogP contribution in [0.3, 0.4) is 0 Å². The largest absolute Gasteiger partial charge is 0.465 e. The van der Waals surface area contributed by atoms with E-state index in [2.05, 4.69) is 17.4 Å². The number of Topliss-reactive ketones (excluding diaryl/α,β-unsaturated/α-hetero) is 1. The van der Waals surface area contributed by atoms with Crippen LogP contribution in [0.5, 0.6) is 0 Å². The maximum absolute atomic E-state index is 13.3. The van der Waals surface area contributed by atoms with Gasteiger partial charge in [-0.15, -0.1) is 0 Å². The average molecular weight is 391 g/mol. The van der Waals surface area contributed by atoms with Crippen molar-refractivity contribution < 1.29 is 18.7 Å². The molecule has 0 radical (unpaired) electrons. The van der Waals surface area contributed by atoms with Crippen molar-refractivity contribution in [3.8, 4) is 0 Å². The van der Waals surface area contributed by atoms with Crippen molar-refractivity contribution in [2.45, 2.75) is 45.4 Å². The molecule has 1 aliphatic carbocycles. The van der Waals surface area contributed by atoms with Crippen LogP contribution in [0.2, 0.25) is 0 Å². The van der Waals surface area contributed by atoms with Crippen LogP contribution in [0.1, 0.15) is 55.6 Å². The minimum Gasteiger partial charge on any atom is -0.465 e. The lowest BCUT2D eigenvalue weighted by atomic mass is 9.73. The summed E-state index contributed by atoms with van der Waals surface area (Å²) in [5, 5.41) is 3.34. The Morgan fingerprint density at radius 2 is 1.90 bits per heavy atom. The molecule has 0 saturated heterocycles. The molecule has 2 atom stereocenters. The van der Waals surface area contributed by atoms with Gasteiger partial charge in [0.25, 0.3) is 0 Å². The van der Waals surface area contributed by atoms with E-state index in [1.54, 1.807) is 6.92 Å². The molecule has 150 valence electrons. The van der Waals surface area contributed by atoms with E-state index in [1.165, 1.54) is 0 Å². The molecule has 29 heavy (non-hydrogen) atoms. The van der Waals surface area contributed by atoms with E-state index < -0.39 is 11.9 Å². The summed E-state index contributed by atoms with van der Waals surface area (Å²) in [5.74, 6) is 0.550. The number of ketones is 1. The number of hydrogen-bond acceptors (Lipinski definition) is 5. The highest BCUT2D eigenvalue weighted by Gasteiger charge is 2.42. The Morgan fingerprint density at radius 3 is 2.55 bits per heavy atom. The molecule has 0 unspecified atom stereocenters. The number of furan rings is 1. The molecule has 0 bridgehead atoms. The van der Waals surface area contributed by atoms with Crippen LogP contribution in [0.25, 0.3) is 0 Å². The molecular weight excluding hydrogens is 366 g/mol. The maximum Gasteiger partial charge on any atom is 0.336 e. The summed E-state index contributed by atoms with van der Waals surface area (Å²) in [6.45, 7) is 5.76. The molecular formula is C24H25NO4. The molecule has 1 aromatic carbocycles. The summed E-state index contributed by atoms with van der Waals surface area (Å²) in [5.41, 5.74) is 3.81. The summed E-state index contributed by atoms with van der Waals surface area (Å²) in [6.07, 6.45) is 1.13. The van der Waals surface area contributed by atoms with Crippen LogP contribution in [-0.2, 0) is 14.3 Å². The molecule has 0 spiro atoms. The standard InChI is InChI=1S/C24H25NO4/c1-4-28-24(27)21-15(3)25-18-12-17(16-8-6-5-7-9-16)13-19(26)22(18)23(21)20-11-10-14(2)29-20/h5-11,17,23,25H,4,12-13H2,1-3H3/t17-,23-/m0/s1. The summed E-state index contributed by atoms with van der Waals surface area (Å²) in [7, 11) is 0. The lowest BCUT2D eigenvalue weighted by Crippen LogP contribution is -2.36. The van der Waals surface area contributed by atoms with Crippen LogP contribution in [0, 0.1) is 6.92 Å². The van der Waals surface area contributed by atoms with Gasteiger partial charge in [0.2, 0.25) is 0 Å². The number of benzene rings is 1. The molecule has 0 amide bonds. The zero-order chi connectivity index (χ0) is 20.5. The topological polar surface area (TPSA) is 68.5 Å². The predicted octanol–water partition coefficient (Wildman–Crippen LogP) is 4.51. The monoisotopic (exact) mass is 391 g/mol. The molecule has 0 saturated carbocycles. The van der Waals surface area contributed by atoms with Gasteiger partial charge in [-0.1, -0.05) is 30.3 Å². The minimum atomic E-state index is -0.539. The van der Waals surface area contributed by atoms with Crippen LogP contribution in [-0.4, -0.2) is 18.4 Å². The van der Waals surface area contributed by atoms with Gasteiger partial charge in [-0.25, -0.2) is 4.79 Å². The number of esters is 1. The lowest BCUT2D eigenvalue weighted by molar-refractivity contribution is -0.138. The van der Waals surface area contributed by atoms with Crippen LogP contribution in [0.15, 0.2) is 69.4 Å². The average Bonchev–Trinajstić information content (AvgIpc) is 3.13. The zero-order valence-corrected chi connectivity index (χ0v) is 17.0. The molecule has 0 fully saturated rings. The smallest absolute Gasteiger partial charge is 0.336 e. The van der Waals surface area contributed by atoms with E-state index in [9.17, 15) is 9.59 Å². The van der Waals surface area contributed by atoms with Crippen molar-refractivity contribution >= 4 is 11.8 Å². The van der Waals surface area contributed by atoms with Crippen molar-refractivity contribution in [1.82, 2.24) is 5.32 Å². The van der Waals surface area contributed by atoms with E-state index in [4.69, 9.17) is 9.15 Å². The fraction of sp³-hybridized carbons (Fsp3) is 0.333. The number of aryl methyl sites for hydroxylation is 1. The Bertz CT molecular complexity index is 1010. The molecule has 1 N–H and O–H groups in total. The number of dihydropyridines is 1. The number of hydrogen-bond donors (Lipinski definition) is 1. The third-order valence-electron chi connectivity index (χ3n) is 5.64. The predicted molar refractivity (Wildman–Crippen MR) is 109 cm³/mol. The first-order valence-corrected chi connectivity index (χ1v) is 10.0. The number of carbonyl (C=O) groups excluding carboxylic acids is 2. The highest BCUT2D eigenvalue weighted by atomic mass is 16.5. The van der Waals surface area contributed by atoms with E-state index in [0.29, 0.717) is 35.4 Å². The zero-order valence-electron chi connectivity index (χ0n) is 17.0. The Labute approximate surface area is 170 Å². The first-order valence-electron chi connectivity index (χ1n) is 10.0. The lowest BCUT2D eigenvalue weighted by Gasteiger charge is -2.35. The van der Waals surface area contributed by atoms with Crippen molar-refractivity contribution in [2.75, 3.05) is 6.61 Å². The Balaban J connectivity index is 1.79. The summed E-state index contributed by atoms with van der Waals surface area (Å²) < 4.78 is 11.2. The molecule has 5 heteroatoms. The molecule has 1 aromatic heterocycles. The molecule has 2 aromatic rings. The minimum absolute atomic E-state index is 0.0426. The first-order chi connectivity index (χ1) is 14.0. The Hall–Kier alpha value is -3.08. The van der Waals surface area contributed by atoms with Gasteiger partial charge in [0.05, 0.1) is 18.1 Å². The van der Waals surface area contributed by atoms with Gasteiger partial charge in [0.15, 0.2) is 5.78 Å². The first kappa shape index (κ1) is 19.2. The van der Waals surface area contributed by atoms with Crippen LogP contribution < -0.4 is 5.32 Å². The molecule has 2 heterocycles. The number of nitrogens with one attached hydrogen (secondary N) is 1. The SMILES string of the molecule is CCOC(=O)C1=C(C)NC2=C(C(=O)C[C@@H](c3ccccc3)C2)[C@H]1c1ccc(C)o1. The number of allylic oxidation sites excluding steroid dienone is 3. The highest BCUT2D eigenvalue weighted by Crippen LogP contribution is 2.45. The molecule has 5 nitrogen and oxygen atoms in total. The summed E-state index contributed by atoms with van der Waals surface area (Å²) in [4.78, 5) is 26.1. The van der Waals surface area contributed by atoms with Crippen molar-refractivity contribution in [3.05, 3.63) is 82.1 Å². The van der Waals surface area contributed by atoms with E-state index in [-0.39, 0.29) is 18.3 Å². The number of ether oxygens (including phenoxy) is 1. The van der Waals surface area contributed by atoms with Crippen molar-refractivity contribution in [3.63, 3.8) is 0 Å². The van der Waals surface area contributed by atoms with Crippen LogP contribution in [0.4, 0.5) is 0 Å². The number of rotatable bonds is 4. The second-order valence-electron chi connectivity index (χ2n) is 7.60. The fourth-order valence-corrected chi connectivity index (χ4v) is 4.37. The van der Waals surface area contributed by atoms with Crippen molar-refractivity contribution in [1.29, 1.82) is 0 Å². The Kier molecular flexibility index (Phi) is 5.14. The van der Waals surface area contributed by atoms with Crippen molar-refractivity contribution in [2.24, 2.45) is 0 Å². The van der Waals surface area contributed by atoms with Gasteiger partial charge in [0, 0.05) is 23.4 Å². The Morgan fingerprint density at radius 1 is 1.14 bits per heavy atom. The molecule has 2 aliphatic rings. The second kappa shape index (κ2) is 7.74. The van der Waals surface area contributed by atoms with E-state index >= 15 is 0 Å². The maximum atomic E-state index is 13.3. The highest BCUT2D eigenvalue weighted by molar-refractivity contribution is 6.04. The van der Waals surface area contributed by atoms with Gasteiger partial charge in [-0.2, -0.15) is 0 Å². The second-order valence-corrected chi connectivity index (χ2v) is 7.60. The third kappa shape index (κ3) is 3.53. The van der Waals surface area contributed by atoms with Gasteiger partial charge in [0.1, 0.15) is 11.5 Å². The quantitative estimate of drug-likeness (QED) is 0.777. The van der Waals surface area contributed by atoms with Gasteiger partial charge in [-0.3, -0.25) is 4.79 Å². The number of carbonyl (C=O) groups is 2. The molecule has 1 aliphatic heterocycles. The molecule has 4 rings (SSSR count). The van der Waals surface area contributed by atoms with Gasteiger partial charge >= 0.3 is 5.97 Å². The normalized spacial score (nSPS) is 21.7. The van der Waals surface area contributed by atoms with Crippen LogP contribution >= 0.6 is 0 Å². The fourth-order valence-electron chi connectivity index (χ4n) is 4.37. The summed E-state index contributed by atoms with van der Waals surface area (Å²) in [6, 6.07) is 13.8. The van der Waals surface area contributed by atoms with Gasteiger partial charge in [-0.05, 0) is 50.8 Å². The third-order valence-corrected chi connectivity index (χ3v) is 5.64.